The minimum Gasteiger partial charge on any atom is -0.358 e. The molecule has 3 heterocycles. The summed E-state index contributed by atoms with van der Waals surface area (Å²) in [5, 5.41) is 18.6. The van der Waals surface area contributed by atoms with Gasteiger partial charge in [-0.3, -0.25) is 4.79 Å². The van der Waals surface area contributed by atoms with E-state index in [1.54, 1.807) is 11.6 Å². The van der Waals surface area contributed by atoms with Crippen molar-refractivity contribution in [3.63, 3.8) is 0 Å². The molecule has 1 unspecified atom stereocenters. The molecular weight excluding hydrogens is 270 g/mol. The van der Waals surface area contributed by atoms with Gasteiger partial charge in [0.25, 0.3) is 4.96 Å². The maximum Gasteiger partial charge on any atom is 0.372 e. The third kappa shape index (κ3) is 2.12. The Balaban J connectivity index is 1.87. The van der Waals surface area contributed by atoms with Gasteiger partial charge in [-0.2, -0.15) is 9.38 Å². The van der Waals surface area contributed by atoms with Crippen molar-refractivity contribution in [1.29, 1.82) is 0 Å². The van der Waals surface area contributed by atoms with Gasteiger partial charge >= 0.3 is 5.82 Å². The van der Waals surface area contributed by atoms with Crippen LogP contribution in [0.25, 0.3) is 4.96 Å². The molecule has 2 N–H and O–H groups in total. The number of piperidine rings is 1. The van der Waals surface area contributed by atoms with Gasteiger partial charge in [-0.05, 0) is 11.3 Å². The van der Waals surface area contributed by atoms with Gasteiger partial charge in [0, 0.05) is 24.4 Å². The number of fused-ring (bicyclic) bond motifs is 1. The number of rotatable bonds is 3. The number of hydrogen-bond acceptors (Lipinski definition) is 6. The number of carbonyl (C=O) groups is 1. The molecule has 19 heavy (non-hydrogen) atoms. The highest BCUT2D eigenvalue weighted by atomic mass is 32.1. The highest BCUT2D eigenvalue weighted by molar-refractivity contribution is 7.15. The first-order valence-electron chi connectivity index (χ1n) is 5.78. The van der Waals surface area contributed by atoms with E-state index in [1.807, 2.05) is 0 Å². The first-order valence-corrected chi connectivity index (χ1v) is 6.66. The van der Waals surface area contributed by atoms with Gasteiger partial charge in [0.15, 0.2) is 0 Å². The Labute approximate surface area is 111 Å². The molecule has 0 aliphatic carbocycles. The Bertz CT molecular complexity index is 639. The Morgan fingerprint density at radius 2 is 2.47 bits per heavy atom. The van der Waals surface area contributed by atoms with E-state index in [-0.39, 0.29) is 23.6 Å². The smallest absolute Gasteiger partial charge is 0.358 e. The van der Waals surface area contributed by atoms with E-state index in [0.29, 0.717) is 24.3 Å². The average molecular weight is 281 g/mol. The highest BCUT2D eigenvalue weighted by Crippen LogP contribution is 2.29. The number of nitro groups is 1. The van der Waals surface area contributed by atoms with Crippen molar-refractivity contribution >= 4 is 33.8 Å². The van der Waals surface area contributed by atoms with E-state index in [0.717, 1.165) is 0 Å². The number of imidazole rings is 1. The van der Waals surface area contributed by atoms with Crippen molar-refractivity contribution in [3.8, 4) is 0 Å². The summed E-state index contributed by atoms with van der Waals surface area (Å²) in [7, 11) is 0. The molecule has 1 amide bonds. The summed E-state index contributed by atoms with van der Waals surface area (Å²) in [6.45, 7) is 0.459. The zero-order valence-electron chi connectivity index (χ0n) is 9.83. The minimum absolute atomic E-state index is 0.0124. The Kier molecular flexibility index (Phi) is 2.82. The Hall–Kier alpha value is -2.16. The van der Waals surface area contributed by atoms with Crippen LogP contribution in [0, 0.1) is 10.1 Å². The van der Waals surface area contributed by atoms with E-state index in [1.165, 1.54) is 15.7 Å². The van der Waals surface area contributed by atoms with Crippen LogP contribution in [0.5, 0.6) is 0 Å². The third-order valence-electron chi connectivity index (χ3n) is 3.02. The molecule has 8 nitrogen and oxygen atoms in total. The van der Waals surface area contributed by atoms with Gasteiger partial charge in [0.2, 0.25) is 11.7 Å². The lowest BCUT2D eigenvalue weighted by molar-refractivity contribution is -0.389. The fourth-order valence-electron chi connectivity index (χ4n) is 2.09. The zero-order chi connectivity index (χ0) is 13.4. The molecule has 0 aromatic carbocycles. The fraction of sp³-hybridized carbons (Fsp3) is 0.400. The maximum atomic E-state index is 11.1. The number of thiazole rings is 1. The predicted octanol–water partition coefficient (Wildman–Crippen LogP) is 0.994. The molecule has 1 aliphatic rings. The van der Waals surface area contributed by atoms with Crippen LogP contribution in [0.1, 0.15) is 12.8 Å². The van der Waals surface area contributed by atoms with Crippen LogP contribution in [-0.4, -0.2) is 32.8 Å². The summed E-state index contributed by atoms with van der Waals surface area (Å²) >= 11 is 1.34. The van der Waals surface area contributed by atoms with Gasteiger partial charge in [-0.1, -0.05) is 11.3 Å². The van der Waals surface area contributed by atoms with Gasteiger partial charge in [0.1, 0.15) is 6.20 Å². The monoisotopic (exact) mass is 281 g/mol. The number of carbonyl (C=O) groups excluding carboxylic acids is 1. The normalized spacial score (nSPS) is 19.4. The number of amides is 1. The number of aromatic nitrogens is 2. The third-order valence-corrected chi connectivity index (χ3v) is 3.77. The summed E-state index contributed by atoms with van der Waals surface area (Å²) in [4.78, 5) is 26.6. The first-order chi connectivity index (χ1) is 9.15. The predicted molar refractivity (Wildman–Crippen MR) is 69.4 cm³/mol. The number of nitrogens with zero attached hydrogens (tertiary/aromatic N) is 3. The van der Waals surface area contributed by atoms with E-state index < -0.39 is 4.92 Å². The molecule has 0 radical (unpaired) electrons. The lowest BCUT2D eigenvalue weighted by Crippen LogP contribution is -2.42. The second-order valence-electron chi connectivity index (χ2n) is 4.28. The summed E-state index contributed by atoms with van der Waals surface area (Å²) in [5.41, 5.74) is 0. The van der Waals surface area contributed by atoms with Gasteiger partial charge < -0.3 is 20.7 Å². The molecule has 100 valence electrons. The zero-order valence-corrected chi connectivity index (χ0v) is 10.6. The van der Waals surface area contributed by atoms with Crippen LogP contribution in [0.4, 0.5) is 11.6 Å². The molecule has 0 bridgehead atoms. The molecule has 1 fully saturated rings. The van der Waals surface area contributed by atoms with E-state index in [2.05, 4.69) is 15.6 Å². The van der Waals surface area contributed by atoms with Gasteiger partial charge in [-0.15, -0.1) is 0 Å². The van der Waals surface area contributed by atoms with Crippen molar-refractivity contribution in [2.45, 2.75) is 18.9 Å². The van der Waals surface area contributed by atoms with E-state index in [4.69, 9.17) is 0 Å². The van der Waals surface area contributed by atoms with Crippen LogP contribution in [0.15, 0.2) is 11.6 Å². The molecule has 1 aliphatic heterocycles. The number of hydrogen-bond donors (Lipinski definition) is 2. The van der Waals surface area contributed by atoms with Crippen molar-refractivity contribution < 1.29 is 9.72 Å². The van der Waals surface area contributed by atoms with E-state index in [9.17, 15) is 14.9 Å². The first kappa shape index (κ1) is 11.9. The highest BCUT2D eigenvalue weighted by Gasteiger charge is 2.27. The van der Waals surface area contributed by atoms with Crippen LogP contribution < -0.4 is 10.6 Å². The van der Waals surface area contributed by atoms with Crippen molar-refractivity contribution in [2.75, 3.05) is 11.9 Å². The number of nitrogens with one attached hydrogen (secondary N) is 2. The average Bonchev–Trinajstić information content (AvgIpc) is 2.91. The molecule has 2 aromatic rings. The minimum atomic E-state index is -0.448. The topological polar surface area (TPSA) is 102 Å². The summed E-state index contributed by atoms with van der Waals surface area (Å²) in [6.07, 6.45) is 2.70. The molecule has 2 aromatic heterocycles. The fourth-order valence-corrected chi connectivity index (χ4v) is 2.80. The lowest BCUT2D eigenvalue weighted by atomic mass is 10.1. The van der Waals surface area contributed by atoms with Crippen LogP contribution >= 0.6 is 11.3 Å². The SMILES string of the molecule is O=C1CCC(Nc2nc3sccn3c2[N+](=O)[O-])CN1. The summed E-state index contributed by atoms with van der Waals surface area (Å²) in [6, 6.07) is -0.0268. The standard InChI is InChI=1S/C10H11N5O3S/c16-7-2-1-6(5-11-7)12-8-9(15(17)18)14-3-4-19-10(14)13-8/h3-4,6,12H,1-2,5H2,(H,11,16). The molecule has 1 saturated heterocycles. The maximum absolute atomic E-state index is 11.1. The van der Waals surface area contributed by atoms with Gasteiger partial charge in [-0.25, -0.2) is 0 Å². The summed E-state index contributed by atoms with van der Waals surface area (Å²) in [5.74, 6) is 0.213. The molecular formula is C10H11N5O3S. The number of anilines is 1. The van der Waals surface area contributed by atoms with Crippen molar-refractivity contribution in [2.24, 2.45) is 0 Å². The quantitative estimate of drug-likeness (QED) is 0.645. The second kappa shape index (κ2) is 4.50. The molecule has 0 spiro atoms. The Morgan fingerprint density at radius 1 is 1.63 bits per heavy atom. The Morgan fingerprint density at radius 3 is 3.16 bits per heavy atom. The molecule has 1 atom stereocenters. The second-order valence-corrected chi connectivity index (χ2v) is 5.15. The molecule has 3 rings (SSSR count). The lowest BCUT2D eigenvalue weighted by Gasteiger charge is -2.22. The molecule has 0 saturated carbocycles. The van der Waals surface area contributed by atoms with Gasteiger partial charge in [0.05, 0.1) is 0 Å². The largest absolute Gasteiger partial charge is 0.372 e. The molecule has 9 heteroatoms. The van der Waals surface area contributed by atoms with Crippen molar-refractivity contribution in [1.82, 2.24) is 14.7 Å². The van der Waals surface area contributed by atoms with Crippen LogP contribution in [0.3, 0.4) is 0 Å². The summed E-state index contributed by atoms with van der Waals surface area (Å²) < 4.78 is 1.45. The van der Waals surface area contributed by atoms with Crippen molar-refractivity contribution in [3.05, 3.63) is 21.7 Å². The van der Waals surface area contributed by atoms with Crippen LogP contribution in [0.2, 0.25) is 0 Å². The van der Waals surface area contributed by atoms with E-state index >= 15 is 0 Å². The van der Waals surface area contributed by atoms with Crippen LogP contribution in [-0.2, 0) is 4.79 Å².